The molecule has 0 spiro atoms. The van der Waals surface area contributed by atoms with Crippen LogP contribution in [0.5, 0.6) is 5.75 Å². The van der Waals surface area contributed by atoms with Gasteiger partial charge in [-0.15, -0.1) is 0 Å². The standard InChI is InChI=1S/C23H28N2O3/c1-3-17-8-4-5-9-20(17)25-22(27)21(26)24-16-23(14-6-7-15-23)18-10-12-19(28-2)13-11-18/h4-5,8-13H,3,6-7,14-16H2,1-2H3,(H,24,26)(H,25,27). The Kier molecular flexibility index (Phi) is 6.34. The maximum Gasteiger partial charge on any atom is 0.313 e. The minimum absolute atomic E-state index is 0.121. The lowest BCUT2D eigenvalue weighted by atomic mass is 9.78. The minimum Gasteiger partial charge on any atom is -0.497 e. The van der Waals surface area contributed by atoms with Gasteiger partial charge < -0.3 is 15.4 Å². The minimum atomic E-state index is -0.622. The molecule has 2 aromatic carbocycles. The topological polar surface area (TPSA) is 67.4 Å². The highest BCUT2D eigenvalue weighted by atomic mass is 16.5. The molecule has 5 nitrogen and oxygen atoms in total. The third kappa shape index (κ3) is 4.35. The number of anilines is 1. The summed E-state index contributed by atoms with van der Waals surface area (Å²) in [6, 6.07) is 15.6. The maximum atomic E-state index is 12.4. The number of nitrogens with one attached hydrogen (secondary N) is 2. The Labute approximate surface area is 166 Å². The van der Waals surface area contributed by atoms with Crippen LogP contribution in [0.2, 0.25) is 0 Å². The average molecular weight is 380 g/mol. The molecule has 1 fully saturated rings. The summed E-state index contributed by atoms with van der Waals surface area (Å²) in [7, 11) is 1.65. The highest BCUT2D eigenvalue weighted by molar-refractivity contribution is 6.39. The molecule has 1 aliphatic rings. The van der Waals surface area contributed by atoms with Crippen LogP contribution in [0.15, 0.2) is 48.5 Å². The van der Waals surface area contributed by atoms with Crippen molar-refractivity contribution in [1.29, 1.82) is 0 Å². The predicted octanol–water partition coefficient (Wildman–Crippen LogP) is 3.82. The Morgan fingerprint density at radius 2 is 1.68 bits per heavy atom. The second-order valence-corrected chi connectivity index (χ2v) is 7.36. The van der Waals surface area contributed by atoms with E-state index in [0.717, 1.165) is 43.4 Å². The van der Waals surface area contributed by atoms with Crippen molar-refractivity contribution in [1.82, 2.24) is 5.32 Å². The Hall–Kier alpha value is -2.82. The third-order valence-electron chi connectivity index (χ3n) is 5.70. The van der Waals surface area contributed by atoms with Crippen LogP contribution in [0.1, 0.15) is 43.7 Å². The van der Waals surface area contributed by atoms with Crippen LogP contribution < -0.4 is 15.4 Å². The highest BCUT2D eigenvalue weighted by Gasteiger charge is 2.36. The molecule has 0 atom stereocenters. The first-order valence-corrected chi connectivity index (χ1v) is 9.89. The van der Waals surface area contributed by atoms with Gasteiger partial charge in [0.25, 0.3) is 0 Å². The van der Waals surface area contributed by atoms with Gasteiger partial charge in [-0.05, 0) is 48.6 Å². The van der Waals surface area contributed by atoms with E-state index in [1.165, 1.54) is 5.56 Å². The van der Waals surface area contributed by atoms with E-state index in [-0.39, 0.29) is 5.41 Å². The molecule has 0 radical (unpaired) electrons. The largest absolute Gasteiger partial charge is 0.497 e. The van der Waals surface area contributed by atoms with E-state index in [4.69, 9.17) is 4.74 Å². The Bertz CT molecular complexity index is 824. The first-order valence-electron chi connectivity index (χ1n) is 9.89. The number of amides is 2. The second-order valence-electron chi connectivity index (χ2n) is 7.36. The van der Waals surface area contributed by atoms with Gasteiger partial charge in [-0.3, -0.25) is 9.59 Å². The number of methoxy groups -OCH3 is 1. The Morgan fingerprint density at radius 1 is 1.00 bits per heavy atom. The lowest BCUT2D eigenvalue weighted by Gasteiger charge is -2.30. The average Bonchev–Trinajstić information content (AvgIpc) is 3.22. The molecule has 0 bridgehead atoms. The first kappa shape index (κ1) is 19.9. The Morgan fingerprint density at radius 3 is 2.32 bits per heavy atom. The highest BCUT2D eigenvalue weighted by Crippen LogP contribution is 2.41. The molecular weight excluding hydrogens is 352 g/mol. The van der Waals surface area contributed by atoms with Crippen LogP contribution >= 0.6 is 0 Å². The summed E-state index contributed by atoms with van der Waals surface area (Å²) in [5.74, 6) is -0.399. The molecule has 1 aliphatic carbocycles. The van der Waals surface area contributed by atoms with Gasteiger partial charge in [-0.25, -0.2) is 0 Å². The molecule has 2 amide bonds. The first-order chi connectivity index (χ1) is 13.6. The van der Waals surface area contributed by atoms with Crippen molar-refractivity contribution in [2.45, 2.75) is 44.4 Å². The lowest BCUT2D eigenvalue weighted by Crippen LogP contribution is -2.43. The molecule has 0 aliphatic heterocycles. The van der Waals surface area contributed by atoms with Gasteiger partial charge in [0.2, 0.25) is 0 Å². The predicted molar refractivity (Wildman–Crippen MR) is 111 cm³/mol. The molecule has 0 heterocycles. The number of benzene rings is 2. The van der Waals surface area contributed by atoms with Gasteiger partial charge in [-0.2, -0.15) is 0 Å². The van der Waals surface area contributed by atoms with Crippen molar-refractivity contribution in [3.63, 3.8) is 0 Å². The summed E-state index contributed by atoms with van der Waals surface area (Å²) >= 11 is 0. The van der Waals surface area contributed by atoms with Crippen LogP contribution in [0, 0.1) is 0 Å². The molecule has 148 valence electrons. The van der Waals surface area contributed by atoms with E-state index in [1.54, 1.807) is 7.11 Å². The molecule has 2 N–H and O–H groups in total. The Balaban J connectivity index is 1.66. The van der Waals surface area contributed by atoms with Crippen molar-refractivity contribution in [2.75, 3.05) is 19.0 Å². The van der Waals surface area contributed by atoms with E-state index in [0.29, 0.717) is 12.2 Å². The molecule has 0 saturated heterocycles. The van der Waals surface area contributed by atoms with Crippen LogP contribution in [-0.4, -0.2) is 25.5 Å². The van der Waals surface area contributed by atoms with E-state index in [9.17, 15) is 9.59 Å². The fourth-order valence-corrected chi connectivity index (χ4v) is 4.02. The number of hydrogen-bond acceptors (Lipinski definition) is 3. The quantitative estimate of drug-likeness (QED) is 0.749. The van der Waals surface area contributed by atoms with Crippen molar-refractivity contribution in [3.05, 3.63) is 59.7 Å². The molecule has 2 aromatic rings. The number of ether oxygens (including phenoxy) is 1. The SMILES string of the molecule is CCc1ccccc1NC(=O)C(=O)NCC1(c2ccc(OC)cc2)CCCC1. The molecule has 0 unspecified atom stereocenters. The van der Waals surface area contributed by atoms with Crippen LogP contribution in [0.25, 0.3) is 0 Å². The zero-order valence-corrected chi connectivity index (χ0v) is 16.6. The zero-order valence-electron chi connectivity index (χ0n) is 16.6. The van der Waals surface area contributed by atoms with Gasteiger partial charge in [0, 0.05) is 17.6 Å². The molecule has 0 aromatic heterocycles. The van der Waals surface area contributed by atoms with Gasteiger partial charge in [0.05, 0.1) is 7.11 Å². The van der Waals surface area contributed by atoms with E-state index in [2.05, 4.69) is 22.8 Å². The number of aryl methyl sites for hydroxylation is 1. The molecule has 28 heavy (non-hydrogen) atoms. The second kappa shape index (κ2) is 8.91. The van der Waals surface area contributed by atoms with Gasteiger partial charge in [-0.1, -0.05) is 50.1 Å². The van der Waals surface area contributed by atoms with Gasteiger partial charge in [0.15, 0.2) is 0 Å². The number of para-hydroxylation sites is 1. The fourth-order valence-electron chi connectivity index (χ4n) is 4.02. The van der Waals surface area contributed by atoms with Crippen LogP contribution in [-0.2, 0) is 21.4 Å². The zero-order chi connectivity index (χ0) is 20.0. The van der Waals surface area contributed by atoms with Crippen molar-refractivity contribution >= 4 is 17.5 Å². The van der Waals surface area contributed by atoms with Crippen molar-refractivity contribution in [2.24, 2.45) is 0 Å². The van der Waals surface area contributed by atoms with Crippen molar-refractivity contribution in [3.8, 4) is 5.75 Å². The van der Waals surface area contributed by atoms with E-state index in [1.807, 2.05) is 43.3 Å². The number of carbonyl (C=O) groups excluding carboxylic acids is 2. The van der Waals surface area contributed by atoms with Crippen LogP contribution in [0.4, 0.5) is 5.69 Å². The van der Waals surface area contributed by atoms with Gasteiger partial charge in [0.1, 0.15) is 5.75 Å². The maximum absolute atomic E-state index is 12.4. The van der Waals surface area contributed by atoms with Gasteiger partial charge >= 0.3 is 11.8 Å². The summed E-state index contributed by atoms with van der Waals surface area (Å²) < 4.78 is 5.25. The summed E-state index contributed by atoms with van der Waals surface area (Å²) in [6.45, 7) is 2.48. The third-order valence-corrected chi connectivity index (χ3v) is 5.70. The monoisotopic (exact) mass is 380 g/mol. The summed E-state index contributed by atoms with van der Waals surface area (Å²) in [5, 5.41) is 5.60. The normalized spacial score (nSPS) is 15.1. The van der Waals surface area contributed by atoms with E-state index < -0.39 is 11.8 Å². The summed E-state index contributed by atoms with van der Waals surface area (Å²) in [5.41, 5.74) is 2.76. The number of hydrogen-bond donors (Lipinski definition) is 2. The smallest absolute Gasteiger partial charge is 0.313 e. The molecular formula is C23H28N2O3. The van der Waals surface area contributed by atoms with Crippen molar-refractivity contribution < 1.29 is 14.3 Å². The molecule has 5 heteroatoms. The molecule has 1 saturated carbocycles. The number of carbonyl (C=O) groups is 2. The van der Waals surface area contributed by atoms with Crippen LogP contribution in [0.3, 0.4) is 0 Å². The number of rotatable bonds is 6. The summed E-state index contributed by atoms with van der Waals surface area (Å²) in [6.07, 6.45) is 5.04. The molecule has 3 rings (SSSR count). The van der Waals surface area contributed by atoms with E-state index >= 15 is 0 Å². The summed E-state index contributed by atoms with van der Waals surface area (Å²) in [4.78, 5) is 24.8. The lowest BCUT2D eigenvalue weighted by molar-refractivity contribution is -0.136. The fraction of sp³-hybridized carbons (Fsp3) is 0.391.